The highest BCUT2D eigenvalue weighted by atomic mass is 32.2. The lowest BCUT2D eigenvalue weighted by atomic mass is 10.1. The van der Waals surface area contributed by atoms with E-state index in [1.165, 1.54) is 43.8 Å². The molecular formula is C28H23N3O5S2. The van der Waals surface area contributed by atoms with Crippen LogP contribution in [0.15, 0.2) is 95.2 Å². The molecule has 0 bridgehead atoms. The average Bonchev–Trinajstić information content (AvgIpc) is 3.48. The molecule has 5 rings (SSSR count). The highest BCUT2D eigenvalue weighted by molar-refractivity contribution is 7.92. The van der Waals surface area contributed by atoms with E-state index in [0.717, 1.165) is 4.88 Å². The Morgan fingerprint density at radius 2 is 1.61 bits per heavy atom. The highest BCUT2D eigenvalue weighted by Gasteiger charge is 2.21. The number of para-hydroxylation sites is 3. The molecule has 2 aromatic heterocycles. The Kier molecular flexibility index (Phi) is 6.99. The molecule has 1 amide bonds. The summed E-state index contributed by atoms with van der Waals surface area (Å²) in [6, 6.07) is 24.0. The van der Waals surface area contributed by atoms with Crippen molar-refractivity contribution in [2.45, 2.75) is 4.90 Å². The SMILES string of the molecule is COc1cc(S(=O)(=O)Nc2ccccc2OC)ccc1NC(=O)c1cc(-c2cccs2)nc2ccccc12. The second-order valence-electron chi connectivity index (χ2n) is 8.17. The molecule has 192 valence electrons. The Labute approximate surface area is 223 Å². The van der Waals surface area contributed by atoms with Gasteiger partial charge in [-0.1, -0.05) is 36.4 Å². The van der Waals surface area contributed by atoms with Crippen LogP contribution >= 0.6 is 11.3 Å². The third-order valence-corrected chi connectivity index (χ3v) is 8.07. The molecule has 0 saturated heterocycles. The van der Waals surface area contributed by atoms with Crippen LogP contribution in [0.1, 0.15) is 10.4 Å². The molecule has 0 spiro atoms. The van der Waals surface area contributed by atoms with Gasteiger partial charge in [-0.05, 0) is 47.8 Å². The van der Waals surface area contributed by atoms with Crippen molar-refractivity contribution in [1.82, 2.24) is 4.98 Å². The number of thiophene rings is 1. The molecule has 38 heavy (non-hydrogen) atoms. The lowest BCUT2D eigenvalue weighted by Crippen LogP contribution is -2.16. The second kappa shape index (κ2) is 10.5. The number of nitrogens with one attached hydrogen (secondary N) is 2. The number of aromatic nitrogens is 1. The van der Waals surface area contributed by atoms with Gasteiger partial charge in [-0.25, -0.2) is 13.4 Å². The molecule has 0 aliphatic carbocycles. The van der Waals surface area contributed by atoms with Gasteiger partial charge in [0.25, 0.3) is 15.9 Å². The van der Waals surface area contributed by atoms with Crippen LogP contribution in [0.3, 0.4) is 0 Å². The number of carbonyl (C=O) groups excluding carboxylic acids is 1. The first-order valence-electron chi connectivity index (χ1n) is 11.5. The number of pyridine rings is 1. The number of rotatable bonds is 8. The summed E-state index contributed by atoms with van der Waals surface area (Å²) < 4.78 is 39.4. The zero-order valence-corrected chi connectivity index (χ0v) is 22.1. The Balaban J connectivity index is 1.46. The summed E-state index contributed by atoms with van der Waals surface area (Å²) in [4.78, 5) is 19.1. The summed E-state index contributed by atoms with van der Waals surface area (Å²) in [5.74, 6) is 0.207. The lowest BCUT2D eigenvalue weighted by molar-refractivity contribution is 0.102. The number of methoxy groups -OCH3 is 2. The number of hydrogen-bond donors (Lipinski definition) is 2. The van der Waals surface area contributed by atoms with Crippen LogP contribution < -0.4 is 19.5 Å². The normalized spacial score (nSPS) is 11.2. The molecule has 0 saturated carbocycles. The topological polar surface area (TPSA) is 107 Å². The van der Waals surface area contributed by atoms with Gasteiger partial charge >= 0.3 is 0 Å². The van der Waals surface area contributed by atoms with Gasteiger partial charge in [-0.3, -0.25) is 9.52 Å². The van der Waals surface area contributed by atoms with Crippen LogP contribution in [0.5, 0.6) is 11.5 Å². The molecule has 3 aromatic carbocycles. The van der Waals surface area contributed by atoms with Gasteiger partial charge in [-0.15, -0.1) is 11.3 Å². The van der Waals surface area contributed by atoms with Crippen molar-refractivity contribution >= 4 is 49.5 Å². The summed E-state index contributed by atoms with van der Waals surface area (Å²) in [7, 11) is -1.10. The molecule has 0 radical (unpaired) electrons. The van der Waals surface area contributed by atoms with Gasteiger partial charge in [-0.2, -0.15) is 0 Å². The number of sulfonamides is 1. The second-order valence-corrected chi connectivity index (χ2v) is 10.8. The van der Waals surface area contributed by atoms with Crippen molar-refractivity contribution in [3.05, 3.63) is 95.9 Å². The van der Waals surface area contributed by atoms with E-state index in [1.807, 2.05) is 41.8 Å². The van der Waals surface area contributed by atoms with Gasteiger partial charge in [0.05, 0.1) is 52.1 Å². The Morgan fingerprint density at radius 1 is 0.842 bits per heavy atom. The first kappa shape index (κ1) is 25.2. The van der Waals surface area contributed by atoms with Crippen LogP contribution in [0.25, 0.3) is 21.5 Å². The average molecular weight is 546 g/mol. The van der Waals surface area contributed by atoms with E-state index in [0.29, 0.717) is 39.3 Å². The standard InChI is InChI=1S/C28H23N3O5S2/c1-35-25-11-6-5-10-23(25)31-38(33,34)18-13-14-22(26(16-18)36-2)30-28(32)20-17-24(27-12-7-15-37-27)29-21-9-4-3-8-19(20)21/h3-17,31H,1-2H3,(H,30,32). The minimum absolute atomic E-state index is 0.0346. The van der Waals surface area contributed by atoms with Crippen molar-refractivity contribution in [1.29, 1.82) is 0 Å². The molecule has 0 fully saturated rings. The largest absolute Gasteiger partial charge is 0.495 e. The van der Waals surface area contributed by atoms with Gasteiger partial charge < -0.3 is 14.8 Å². The zero-order chi connectivity index (χ0) is 26.7. The summed E-state index contributed by atoms with van der Waals surface area (Å²) >= 11 is 1.54. The molecule has 8 nitrogen and oxygen atoms in total. The Morgan fingerprint density at radius 3 is 2.37 bits per heavy atom. The molecule has 0 aliphatic heterocycles. The summed E-state index contributed by atoms with van der Waals surface area (Å²) in [5, 5.41) is 5.52. The third kappa shape index (κ3) is 5.04. The van der Waals surface area contributed by atoms with Crippen molar-refractivity contribution in [2.24, 2.45) is 0 Å². The zero-order valence-electron chi connectivity index (χ0n) is 20.5. The number of benzene rings is 3. The van der Waals surface area contributed by atoms with Crippen molar-refractivity contribution < 1.29 is 22.7 Å². The molecule has 0 atom stereocenters. The number of nitrogens with zero attached hydrogens (tertiary/aromatic N) is 1. The van der Waals surface area contributed by atoms with Gasteiger partial charge in [0.1, 0.15) is 11.5 Å². The molecule has 2 heterocycles. The van der Waals surface area contributed by atoms with Crippen LogP contribution in [-0.4, -0.2) is 33.5 Å². The third-order valence-electron chi connectivity index (χ3n) is 5.82. The summed E-state index contributed by atoms with van der Waals surface area (Å²) in [5.41, 5.74) is 2.46. The minimum atomic E-state index is -3.97. The van der Waals surface area contributed by atoms with Gasteiger partial charge in [0, 0.05) is 11.5 Å². The van der Waals surface area contributed by atoms with Crippen LogP contribution in [0.2, 0.25) is 0 Å². The van der Waals surface area contributed by atoms with Crippen molar-refractivity contribution in [2.75, 3.05) is 24.3 Å². The first-order chi connectivity index (χ1) is 18.4. The van der Waals surface area contributed by atoms with E-state index >= 15 is 0 Å². The van der Waals surface area contributed by atoms with Gasteiger partial charge in [0.15, 0.2) is 0 Å². The van der Waals surface area contributed by atoms with E-state index in [-0.39, 0.29) is 16.6 Å². The molecule has 0 unspecified atom stereocenters. The van der Waals surface area contributed by atoms with Crippen LogP contribution in [0.4, 0.5) is 11.4 Å². The Bertz CT molecular complexity index is 1740. The molecule has 5 aromatic rings. The number of anilines is 2. The fourth-order valence-electron chi connectivity index (χ4n) is 3.98. The van der Waals surface area contributed by atoms with Gasteiger partial charge in [0.2, 0.25) is 0 Å². The fourth-order valence-corrected chi connectivity index (χ4v) is 5.75. The monoisotopic (exact) mass is 545 g/mol. The number of hydrogen-bond acceptors (Lipinski definition) is 7. The Hall–Kier alpha value is -4.41. The highest BCUT2D eigenvalue weighted by Crippen LogP contribution is 2.32. The van der Waals surface area contributed by atoms with Crippen LogP contribution in [-0.2, 0) is 10.0 Å². The summed E-state index contributed by atoms with van der Waals surface area (Å²) in [6.45, 7) is 0. The van der Waals surface area contributed by atoms with Crippen molar-refractivity contribution in [3.63, 3.8) is 0 Å². The number of fused-ring (bicyclic) bond motifs is 1. The summed E-state index contributed by atoms with van der Waals surface area (Å²) in [6.07, 6.45) is 0. The lowest BCUT2D eigenvalue weighted by Gasteiger charge is -2.15. The number of carbonyl (C=O) groups is 1. The maximum atomic E-state index is 13.5. The minimum Gasteiger partial charge on any atom is -0.495 e. The fraction of sp³-hybridized carbons (Fsp3) is 0.0714. The molecule has 0 aliphatic rings. The van der Waals surface area contributed by atoms with E-state index in [1.54, 1.807) is 30.3 Å². The molecule has 2 N–H and O–H groups in total. The maximum Gasteiger partial charge on any atom is 0.262 e. The van der Waals surface area contributed by atoms with E-state index in [9.17, 15) is 13.2 Å². The molecule has 10 heteroatoms. The van der Waals surface area contributed by atoms with E-state index in [2.05, 4.69) is 10.0 Å². The predicted octanol–water partition coefficient (Wildman–Crippen LogP) is 6.03. The number of ether oxygens (including phenoxy) is 2. The predicted molar refractivity (Wildman–Crippen MR) is 150 cm³/mol. The smallest absolute Gasteiger partial charge is 0.262 e. The van der Waals surface area contributed by atoms with E-state index < -0.39 is 10.0 Å². The molecular weight excluding hydrogens is 522 g/mol. The maximum absolute atomic E-state index is 13.5. The number of amides is 1. The van der Waals surface area contributed by atoms with Crippen molar-refractivity contribution in [3.8, 4) is 22.1 Å². The first-order valence-corrected chi connectivity index (χ1v) is 13.8. The van der Waals surface area contributed by atoms with Crippen LogP contribution in [0, 0.1) is 0 Å². The quantitative estimate of drug-likeness (QED) is 0.246. The van der Waals surface area contributed by atoms with E-state index in [4.69, 9.17) is 14.5 Å².